The second kappa shape index (κ2) is 8.11. The van der Waals surface area contributed by atoms with Gasteiger partial charge in [0.2, 0.25) is 0 Å². The van der Waals surface area contributed by atoms with Crippen molar-refractivity contribution >= 4 is 29.2 Å². The molecule has 10 heteroatoms. The molecule has 0 fully saturated rings. The van der Waals surface area contributed by atoms with Gasteiger partial charge in [0, 0.05) is 17.6 Å². The molecule has 0 bridgehead atoms. The molecule has 0 atom stereocenters. The van der Waals surface area contributed by atoms with Crippen LogP contribution in [0.25, 0.3) is 0 Å². The monoisotopic (exact) mass is 376 g/mol. The highest BCUT2D eigenvalue weighted by atomic mass is 32.2. The van der Waals surface area contributed by atoms with Crippen molar-refractivity contribution in [2.45, 2.75) is 22.8 Å². The Morgan fingerprint density at radius 2 is 2.19 bits per heavy atom. The highest BCUT2D eigenvalue weighted by Crippen LogP contribution is 2.46. The Labute approximate surface area is 154 Å². The van der Waals surface area contributed by atoms with E-state index in [1.165, 1.54) is 0 Å². The fourth-order valence-electron chi connectivity index (χ4n) is 2.49. The van der Waals surface area contributed by atoms with Gasteiger partial charge in [0.25, 0.3) is 0 Å². The van der Waals surface area contributed by atoms with Crippen molar-refractivity contribution in [3.05, 3.63) is 34.9 Å². The number of hydrogen-bond acceptors (Lipinski definition) is 6. The molecule has 1 aromatic carbocycles. The summed E-state index contributed by atoms with van der Waals surface area (Å²) >= 11 is 1.54. The third-order valence-electron chi connectivity index (χ3n) is 3.70. The molecule has 0 saturated carbocycles. The van der Waals surface area contributed by atoms with Gasteiger partial charge < -0.3 is 15.8 Å². The molecule has 3 rings (SSSR count). The number of fused-ring (bicyclic) bond motifs is 2. The minimum atomic E-state index is -0.301. The predicted molar refractivity (Wildman–Crippen MR) is 101 cm³/mol. The number of guanidine groups is 1. The summed E-state index contributed by atoms with van der Waals surface area (Å²) < 4.78 is 7.38. The maximum Gasteiger partial charge on any atom is 0.349 e. The van der Waals surface area contributed by atoms with Crippen LogP contribution in [0.15, 0.2) is 39.0 Å². The Hall–Kier alpha value is -2.72. The lowest BCUT2D eigenvalue weighted by Crippen LogP contribution is -2.79. The fourth-order valence-corrected chi connectivity index (χ4v) is 3.50. The van der Waals surface area contributed by atoms with Crippen molar-refractivity contribution in [3.63, 3.8) is 0 Å². The average Bonchev–Trinajstić information content (AvgIpc) is 2.62. The molecule has 2 heterocycles. The normalized spacial score (nSPS) is 11.9. The number of anilines is 2. The summed E-state index contributed by atoms with van der Waals surface area (Å²) in [7, 11) is 0. The van der Waals surface area contributed by atoms with Crippen molar-refractivity contribution in [1.29, 1.82) is 0 Å². The number of aromatic nitrogens is 2. The first kappa shape index (κ1) is 18.1. The summed E-state index contributed by atoms with van der Waals surface area (Å²) in [4.78, 5) is 21.0. The molecule has 0 unspecified atom stereocenters. The molecule has 0 amide bonds. The number of aryl methyl sites for hydroxylation is 1. The van der Waals surface area contributed by atoms with Crippen LogP contribution in [0.2, 0.25) is 0 Å². The largest absolute Gasteiger partial charge is 0.488 e. The van der Waals surface area contributed by atoms with Gasteiger partial charge in [-0.2, -0.15) is 4.98 Å². The van der Waals surface area contributed by atoms with Crippen molar-refractivity contribution in [1.82, 2.24) is 9.55 Å². The third-order valence-corrected chi connectivity index (χ3v) is 4.78. The Morgan fingerprint density at radius 3 is 2.96 bits per heavy atom. The molecule has 1 aliphatic rings. The maximum atomic E-state index is 12.2. The van der Waals surface area contributed by atoms with E-state index in [-0.39, 0.29) is 11.6 Å². The first-order valence-electron chi connectivity index (χ1n) is 8.22. The summed E-state index contributed by atoms with van der Waals surface area (Å²) in [6.45, 7) is 1.96. The highest BCUT2D eigenvalue weighted by molar-refractivity contribution is 7.99. The van der Waals surface area contributed by atoms with Crippen molar-refractivity contribution in [2.75, 3.05) is 25.0 Å². The van der Waals surface area contributed by atoms with Gasteiger partial charge in [-0.15, -0.1) is 0 Å². The number of nitrogens with two attached hydrogens (primary N) is 3. The SMILES string of the molecule is NCCCn1cc2c(nc1=O)Nc1c(OCC[NH+]=C(N)N)cccc1S2. The van der Waals surface area contributed by atoms with Crippen LogP contribution in [-0.2, 0) is 6.54 Å². The maximum absolute atomic E-state index is 12.2. The van der Waals surface area contributed by atoms with Gasteiger partial charge in [0.05, 0.1) is 17.1 Å². The molecule has 0 spiro atoms. The number of para-hydroxylation sites is 1. The van der Waals surface area contributed by atoms with E-state index in [1.807, 2.05) is 24.4 Å². The van der Waals surface area contributed by atoms with Gasteiger partial charge in [-0.25, -0.2) is 4.79 Å². The lowest BCUT2D eigenvalue weighted by Gasteiger charge is -2.22. The molecular weight excluding hydrogens is 354 g/mol. The summed E-state index contributed by atoms with van der Waals surface area (Å²) in [6.07, 6.45) is 2.55. The standard InChI is InChI=1S/C16H21N7O2S/c17-5-2-7-23-9-12-14(22-16(23)24)21-13-10(3-1-4-11(13)26-12)25-8-6-20-15(18)19/h1,3-4,9H,2,5-8,17H2,(H4,18,19,20)(H,21,22,24)/p+1. The molecule has 9 nitrogen and oxygen atoms in total. The zero-order chi connectivity index (χ0) is 18.5. The Balaban J connectivity index is 1.80. The first-order valence-corrected chi connectivity index (χ1v) is 9.04. The number of ether oxygens (including phenoxy) is 1. The van der Waals surface area contributed by atoms with E-state index in [4.69, 9.17) is 21.9 Å². The molecule has 8 N–H and O–H groups in total. The van der Waals surface area contributed by atoms with E-state index in [1.54, 1.807) is 16.3 Å². The van der Waals surface area contributed by atoms with Crippen molar-refractivity contribution < 1.29 is 9.73 Å². The molecule has 1 aromatic heterocycles. The molecular formula is C16H22N7O2S+. The van der Waals surface area contributed by atoms with E-state index in [0.29, 0.717) is 37.8 Å². The summed E-state index contributed by atoms with van der Waals surface area (Å²) in [5, 5.41) is 3.21. The van der Waals surface area contributed by atoms with Crippen molar-refractivity contribution in [2.24, 2.45) is 17.2 Å². The number of nitrogens with zero attached hydrogens (tertiary/aromatic N) is 2. The van der Waals surface area contributed by atoms with Crippen molar-refractivity contribution in [3.8, 4) is 5.75 Å². The minimum Gasteiger partial charge on any atom is -0.488 e. The van der Waals surface area contributed by atoms with Gasteiger partial charge in [-0.1, -0.05) is 17.8 Å². The van der Waals surface area contributed by atoms with Gasteiger partial charge in [-0.3, -0.25) is 21.0 Å². The smallest absolute Gasteiger partial charge is 0.349 e. The quantitative estimate of drug-likeness (QED) is 0.191. The van der Waals surface area contributed by atoms with E-state index in [0.717, 1.165) is 21.9 Å². The third kappa shape index (κ3) is 4.09. The van der Waals surface area contributed by atoms with Gasteiger partial charge >= 0.3 is 11.6 Å². The Kier molecular flexibility index (Phi) is 5.64. The summed E-state index contributed by atoms with van der Waals surface area (Å²) in [5.41, 5.74) is 16.7. The van der Waals surface area contributed by atoms with Gasteiger partial charge in [-0.05, 0) is 25.1 Å². The lowest BCUT2D eigenvalue weighted by atomic mass is 10.3. The average molecular weight is 376 g/mol. The van der Waals surface area contributed by atoms with Crippen LogP contribution in [0, 0.1) is 0 Å². The Morgan fingerprint density at radius 1 is 1.35 bits per heavy atom. The van der Waals surface area contributed by atoms with Gasteiger partial charge in [0.1, 0.15) is 12.4 Å². The molecule has 0 radical (unpaired) electrons. The second-order valence-corrected chi connectivity index (χ2v) is 6.74. The minimum absolute atomic E-state index is 0.154. The van der Waals surface area contributed by atoms with Crippen LogP contribution in [0.1, 0.15) is 6.42 Å². The summed E-state index contributed by atoms with van der Waals surface area (Å²) in [6, 6.07) is 5.76. The summed E-state index contributed by atoms with van der Waals surface area (Å²) in [5.74, 6) is 1.36. The van der Waals surface area contributed by atoms with Crippen LogP contribution in [-0.4, -0.2) is 35.2 Å². The first-order chi connectivity index (χ1) is 12.6. The predicted octanol–water partition coefficient (Wildman–Crippen LogP) is -1.47. The zero-order valence-corrected chi connectivity index (χ0v) is 15.0. The second-order valence-electron chi connectivity index (χ2n) is 5.66. The molecule has 26 heavy (non-hydrogen) atoms. The van der Waals surface area contributed by atoms with Crippen LogP contribution < -0.4 is 37.9 Å². The van der Waals surface area contributed by atoms with Crippen LogP contribution >= 0.6 is 11.8 Å². The number of nitrogens with one attached hydrogen (secondary N) is 2. The van der Waals surface area contributed by atoms with E-state index >= 15 is 0 Å². The van der Waals surface area contributed by atoms with Crippen LogP contribution in [0.5, 0.6) is 5.75 Å². The van der Waals surface area contributed by atoms with Crippen LogP contribution in [0.3, 0.4) is 0 Å². The molecule has 2 aromatic rings. The molecule has 138 valence electrons. The number of hydrogen-bond donors (Lipinski definition) is 5. The van der Waals surface area contributed by atoms with Gasteiger partial charge in [0.15, 0.2) is 5.82 Å². The topological polar surface area (TPSA) is 148 Å². The molecule has 0 saturated heterocycles. The highest BCUT2D eigenvalue weighted by Gasteiger charge is 2.21. The van der Waals surface area contributed by atoms with E-state index < -0.39 is 0 Å². The lowest BCUT2D eigenvalue weighted by molar-refractivity contribution is -0.461. The molecule has 1 aliphatic heterocycles. The number of rotatable bonds is 7. The Bertz CT molecular complexity index is 877. The number of benzene rings is 1. The molecule has 0 aliphatic carbocycles. The zero-order valence-electron chi connectivity index (χ0n) is 14.2. The fraction of sp³-hybridized carbons (Fsp3) is 0.312. The van der Waals surface area contributed by atoms with E-state index in [9.17, 15) is 4.79 Å². The van der Waals surface area contributed by atoms with Crippen LogP contribution in [0.4, 0.5) is 11.5 Å². The van der Waals surface area contributed by atoms with E-state index in [2.05, 4.69) is 15.3 Å².